The van der Waals surface area contributed by atoms with E-state index in [1.807, 2.05) is 6.07 Å². The van der Waals surface area contributed by atoms with Crippen molar-refractivity contribution in [3.8, 4) is 0 Å². The van der Waals surface area contributed by atoms with Crippen LogP contribution in [0.2, 0.25) is 0 Å². The highest BCUT2D eigenvalue weighted by Gasteiger charge is 2.22. The van der Waals surface area contributed by atoms with Gasteiger partial charge >= 0.3 is 0 Å². The molecule has 1 fully saturated rings. The Bertz CT molecular complexity index is 427. The lowest BCUT2D eigenvalue weighted by atomic mass is 10.1. The van der Waals surface area contributed by atoms with Crippen molar-refractivity contribution in [1.29, 1.82) is 0 Å². The molecule has 0 radical (unpaired) electrons. The molecule has 0 bridgehead atoms. The van der Waals surface area contributed by atoms with E-state index in [4.69, 9.17) is 10.5 Å². The number of ether oxygens (including phenoxy) is 1. The van der Waals surface area contributed by atoms with Crippen molar-refractivity contribution in [3.63, 3.8) is 0 Å². The Morgan fingerprint density at radius 3 is 3.05 bits per heavy atom. The lowest BCUT2D eigenvalue weighted by Crippen LogP contribution is -2.27. The van der Waals surface area contributed by atoms with Crippen molar-refractivity contribution < 1.29 is 4.74 Å². The average molecular weight is 260 g/mol. The van der Waals surface area contributed by atoms with Crippen molar-refractivity contribution in [2.75, 3.05) is 18.9 Å². The van der Waals surface area contributed by atoms with Crippen LogP contribution in [0.5, 0.6) is 0 Å². The first kappa shape index (κ1) is 12.9. The van der Waals surface area contributed by atoms with Gasteiger partial charge in [0.05, 0.1) is 6.10 Å². The zero-order valence-corrected chi connectivity index (χ0v) is 11.5. The van der Waals surface area contributed by atoms with Gasteiger partial charge in [-0.15, -0.1) is 0 Å². The van der Waals surface area contributed by atoms with Crippen LogP contribution in [-0.4, -0.2) is 19.3 Å². The molecule has 1 aromatic rings. The van der Waals surface area contributed by atoms with Gasteiger partial charge < -0.3 is 15.8 Å². The molecule has 2 unspecified atom stereocenters. The summed E-state index contributed by atoms with van der Waals surface area (Å²) in [6.45, 7) is 2.01. The van der Waals surface area contributed by atoms with Crippen LogP contribution in [0.4, 0.5) is 5.69 Å². The topological polar surface area (TPSA) is 47.3 Å². The summed E-state index contributed by atoms with van der Waals surface area (Å²) in [4.78, 5) is 0. The first-order valence-electron chi connectivity index (χ1n) is 7.56. The molecule has 3 heteroatoms. The highest BCUT2D eigenvalue weighted by atomic mass is 16.5. The second-order valence-electron chi connectivity index (χ2n) is 5.78. The molecule has 3 N–H and O–H groups in total. The van der Waals surface area contributed by atoms with Gasteiger partial charge in [-0.2, -0.15) is 0 Å². The third-order valence-corrected chi connectivity index (χ3v) is 4.38. The summed E-state index contributed by atoms with van der Waals surface area (Å²) >= 11 is 0. The first-order chi connectivity index (χ1) is 9.33. The van der Waals surface area contributed by atoms with Gasteiger partial charge in [0.25, 0.3) is 0 Å². The van der Waals surface area contributed by atoms with E-state index in [2.05, 4.69) is 17.4 Å². The Morgan fingerprint density at radius 2 is 2.21 bits per heavy atom. The predicted octanol–water partition coefficient (Wildman–Crippen LogP) is 2.80. The number of rotatable bonds is 4. The summed E-state index contributed by atoms with van der Waals surface area (Å²) in [6, 6.07) is 6.84. The second kappa shape index (κ2) is 5.93. The lowest BCUT2D eigenvalue weighted by molar-refractivity contribution is 0.0112. The Balaban J connectivity index is 1.49. The zero-order chi connectivity index (χ0) is 13.1. The van der Waals surface area contributed by atoms with Gasteiger partial charge in [0.15, 0.2) is 0 Å². The van der Waals surface area contributed by atoms with Crippen molar-refractivity contribution in [1.82, 2.24) is 5.32 Å². The number of hydrogen-bond acceptors (Lipinski definition) is 3. The maximum atomic E-state index is 5.84. The lowest BCUT2D eigenvalue weighted by Gasteiger charge is -2.23. The molecule has 0 saturated carbocycles. The van der Waals surface area contributed by atoms with Gasteiger partial charge in [-0.25, -0.2) is 0 Å². The molecule has 1 aliphatic carbocycles. The van der Waals surface area contributed by atoms with Crippen LogP contribution in [0.3, 0.4) is 0 Å². The van der Waals surface area contributed by atoms with Crippen LogP contribution in [0.1, 0.15) is 49.3 Å². The van der Waals surface area contributed by atoms with Crippen molar-refractivity contribution in [2.45, 2.75) is 50.7 Å². The molecule has 1 saturated heterocycles. The largest absolute Gasteiger partial charge is 0.399 e. The number of aryl methyl sites for hydroxylation is 1. The summed E-state index contributed by atoms with van der Waals surface area (Å²) in [5.41, 5.74) is 9.59. The molecule has 19 heavy (non-hydrogen) atoms. The quantitative estimate of drug-likeness (QED) is 0.818. The summed E-state index contributed by atoms with van der Waals surface area (Å²) < 4.78 is 5.77. The van der Waals surface area contributed by atoms with E-state index in [0.717, 1.165) is 31.7 Å². The molecule has 1 heterocycles. The third-order valence-electron chi connectivity index (χ3n) is 4.38. The number of nitrogens with two attached hydrogens (primary N) is 1. The van der Waals surface area contributed by atoms with Crippen molar-refractivity contribution in [3.05, 3.63) is 29.3 Å². The number of nitrogens with one attached hydrogen (secondary N) is 1. The SMILES string of the molecule is Nc1ccc2c(c1)CCC2NCCC1CCCCO1. The maximum Gasteiger partial charge on any atom is 0.0587 e. The normalized spacial score (nSPS) is 26.3. The molecule has 1 aromatic carbocycles. The van der Waals surface area contributed by atoms with E-state index in [1.54, 1.807) is 0 Å². The third kappa shape index (κ3) is 3.10. The number of nitrogen functional groups attached to an aromatic ring is 1. The molecule has 3 nitrogen and oxygen atoms in total. The molecule has 104 valence electrons. The van der Waals surface area contributed by atoms with Crippen LogP contribution in [0, 0.1) is 0 Å². The molecular weight excluding hydrogens is 236 g/mol. The van der Waals surface area contributed by atoms with Gasteiger partial charge in [0.1, 0.15) is 0 Å². The number of benzene rings is 1. The highest BCUT2D eigenvalue weighted by Crippen LogP contribution is 2.32. The summed E-state index contributed by atoms with van der Waals surface area (Å²) in [7, 11) is 0. The Labute approximate surface area is 115 Å². The van der Waals surface area contributed by atoms with Crippen molar-refractivity contribution in [2.24, 2.45) is 0 Å². The fraction of sp³-hybridized carbons (Fsp3) is 0.625. The minimum Gasteiger partial charge on any atom is -0.399 e. The Kier molecular flexibility index (Phi) is 4.04. The van der Waals surface area contributed by atoms with Gasteiger partial charge in [-0.05, 0) is 68.3 Å². The fourth-order valence-electron chi connectivity index (χ4n) is 3.30. The summed E-state index contributed by atoms with van der Waals surface area (Å²) in [5, 5.41) is 3.68. The number of anilines is 1. The minimum atomic E-state index is 0.480. The van der Waals surface area contributed by atoms with Crippen LogP contribution in [-0.2, 0) is 11.2 Å². The Hall–Kier alpha value is -1.06. The molecule has 0 amide bonds. The van der Waals surface area contributed by atoms with E-state index in [1.165, 1.54) is 36.8 Å². The maximum absolute atomic E-state index is 5.84. The van der Waals surface area contributed by atoms with E-state index < -0.39 is 0 Å². The second-order valence-corrected chi connectivity index (χ2v) is 5.78. The molecule has 0 aromatic heterocycles. The Morgan fingerprint density at radius 1 is 1.26 bits per heavy atom. The van der Waals surface area contributed by atoms with E-state index in [-0.39, 0.29) is 0 Å². The monoisotopic (exact) mass is 260 g/mol. The van der Waals surface area contributed by atoms with Crippen LogP contribution >= 0.6 is 0 Å². The molecule has 2 aliphatic rings. The highest BCUT2D eigenvalue weighted by molar-refractivity contribution is 5.47. The molecule has 0 spiro atoms. The predicted molar refractivity (Wildman–Crippen MR) is 78.1 cm³/mol. The van der Waals surface area contributed by atoms with E-state index >= 15 is 0 Å². The first-order valence-corrected chi connectivity index (χ1v) is 7.56. The molecule has 3 rings (SSSR count). The van der Waals surface area contributed by atoms with Crippen LogP contribution in [0.15, 0.2) is 18.2 Å². The van der Waals surface area contributed by atoms with Crippen LogP contribution < -0.4 is 11.1 Å². The average Bonchev–Trinajstić information content (AvgIpc) is 2.82. The van der Waals surface area contributed by atoms with E-state index in [0.29, 0.717) is 12.1 Å². The van der Waals surface area contributed by atoms with Gasteiger partial charge in [0.2, 0.25) is 0 Å². The standard InChI is InChI=1S/C16H24N2O/c17-13-5-6-15-12(11-13)4-7-16(15)18-9-8-14-3-1-2-10-19-14/h5-6,11,14,16,18H,1-4,7-10,17H2. The number of fused-ring (bicyclic) bond motifs is 1. The fourth-order valence-corrected chi connectivity index (χ4v) is 3.30. The minimum absolute atomic E-state index is 0.480. The number of hydrogen-bond donors (Lipinski definition) is 2. The summed E-state index contributed by atoms with van der Waals surface area (Å²) in [6.07, 6.45) is 7.77. The summed E-state index contributed by atoms with van der Waals surface area (Å²) in [5.74, 6) is 0. The molecular formula is C16H24N2O. The van der Waals surface area contributed by atoms with Crippen LogP contribution in [0.25, 0.3) is 0 Å². The molecule has 2 atom stereocenters. The van der Waals surface area contributed by atoms with Gasteiger partial charge in [-0.1, -0.05) is 6.07 Å². The smallest absolute Gasteiger partial charge is 0.0587 e. The van der Waals surface area contributed by atoms with E-state index in [9.17, 15) is 0 Å². The van der Waals surface area contributed by atoms with Crippen molar-refractivity contribution >= 4 is 5.69 Å². The van der Waals surface area contributed by atoms with Gasteiger partial charge in [0, 0.05) is 18.3 Å². The van der Waals surface area contributed by atoms with Gasteiger partial charge in [-0.3, -0.25) is 0 Å². The zero-order valence-electron chi connectivity index (χ0n) is 11.5. The molecule has 1 aliphatic heterocycles.